The minimum absolute atomic E-state index is 0. The van der Waals surface area contributed by atoms with Crippen LogP contribution in [-0.4, -0.2) is 33.8 Å². The van der Waals surface area contributed by atoms with Gasteiger partial charge in [-0.3, -0.25) is 0 Å². The van der Waals surface area contributed by atoms with E-state index in [-0.39, 0.29) is 96.1 Å². The summed E-state index contributed by atoms with van der Waals surface area (Å²) in [5.41, 5.74) is 0. The van der Waals surface area contributed by atoms with Crippen LogP contribution in [0.3, 0.4) is 0 Å². The molecule has 5 nitrogen and oxygen atoms in total. The Hall–Kier alpha value is 1.97. The van der Waals surface area contributed by atoms with E-state index in [1.807, 2.05) is 0 Å². The van der Waals surface area contributed by atoms with Crippen LogP contribution in [0, 0.1) is 0 Å². The minimum atomic E-state index is 0. The van der Waals surface area contributed by atoms with E-state index in [4.69, 9.17) is 0 Å². The molecule has 0 saturated heterocycles. The second-order valence-electron chi connectivity index (χ2n) is 0. The van der Waals surface area contributed by atoms with E-state index in [9.17, 15) is 0 Å². The zero-order valence-corrected chi connectivity index (χ0v) is 8.17. The first-order valence-electron chi connectivity index (χ1n) is 0. The van der Waals surface area contributed by atoms with E-state index in [0.29, 0.717) is 0 Å². The molecule has 0 bridgehead atoms. The van der Waals surface area contributed by atoms with Crippen molar-refractivity contribution in [2.24, 2.45) is 0 Å². The van der Waals surface area contributed by atoms with E-state index >= 15 is 0 Å². The van der Waals surface area contributed by atoms with Gasteiger partial charge in [-0.25, -0.2) is 0 Å². The first kappa shape index (κ1) is 147. The second kappa shape index (κ2) is 99.8. The van der Waals surface area contributed by atoms with E-state index in [2.05, 4.69) is 0 Å². The van der Waals surface area contributed by atoms with Gasteiger partial charge in [-0.1, -0.05) is 0 Å². The third kappa shape index (κ3) is 73.2. The quantitative estimate of drug-likeness (QED) is 0.303. The van der Waals surface area contributed by atoms with Crippen molar-refractivity contribution < 1.29 is 78.8 Å². The van der Waals surface area contributed by atoms with Crippen LogP contribution in [0.1, 0.15) is 0 Å². The Morgan fingerprint density at radius 2 is 0.571 bits per heavy atom. The molecule has 0 aromatic carbocycles. The summed E-state index contributed by atoms with van der Waals surface area (Å²) in [5, 5.41) is 0. The normalized spacial score (nSPS) is 0. The fourth-order valence-electron chi connectivity index (χ4n) is 0. The van der Waals surface area contributed by atoms with Gasteiger partial charge in [0.05, 0.1) is 0 Å². The molecule has 0 aliphatic carbocycles. The molecule has 0 rings (SSSR count). The summed E-state index contributed by atoms with van der Waals surface area (Å²) < 4.78 is 0. The summed E-state index contributed by atoms with van der Waals surface area (Å²) in [6.07, 6.45) is 0. The van der Waals surface area contributed by atoms with E-state index in [1.54, 1.807) is 0 Å². The van der Waals surface area contributed by atoms with E-state index in [1.165, 1.54) is 0 Å². The molecule has 0 unspecified atom stereocenters. The predicted molar refractivity (Wildman–Crippen MR) is 18.0 cm³/mol. The van der Waals surface area contributed by atoms with Crippen molar-refractivity contribution in [1.29, 1.82) is 0 Å². The van der Waals surface area contributed by atoms with Gasteiger partial charge in [0.15, 0.2) is 0 Å². The van der Waals surface area contributed by atoms with E-state index in [0.717, 1.165) is 0 Å². The molecule has 0 atom stereocenters. The molecule has 0 fully saturated rings. The van der Waals surface area contributed by atoms with Gasteiger partial charge in [0.25, 0.3) is 0 Å². The summed E-state index contributed by atoms with van der Waals surface area (Å²) in [4.78, 5) is 0. The summed E-state index contributed by atoms with van der Waals surface area (Å²) >= 11 is 0. The predicted octanol–water partition coefficient (Wildman–Crippen LogP) is -6.09. The molecule has 7 heavy (non-hydrogen) atoms. The van der Waals surface area contributed by atoms with Gasteiger partial charge in [-0.15, -0.1) is 0 Å². The van der Waals surface area contributed by atoms with Crippen LogP contribution >= 0.6 is 0 Å². The first-order valence-corrected chi connectivity index (χ1v) is 0. The zero-order chi connectivity index (χ0) is 0. The van der Waals surface area contributed by atoms with Crippen molar-refractivity contribution in [3.05, 3.63) is 0 Å². The van der Waals surface area contributed by atoms with E-state index < -0.39 is 0 Å². The number of hydrogen-bond donors (Lipinski definition) is 0. The number of hydrogen-bond acceptors (Lipinski definition) is 0. The molecule has 0 saturated carbocycles. The fourth-order valence-corrected chi connectivity index (χ4v) is 0. The maximum absolute atomic E-state index is 0. The Labute approximate surface area is 94.6 Å². The Morgan fingerprint density at radius 3 is 0.571 bits per heavy atom. The average molecular weight is 152 g/mol. The maximum Gasteiger partial charge on any atom is 3.00 e. The largest absolute Gasteiger partial charge is 3.00 e. The minimum Gasteiger partial charge on any atom is -2.00 e. The Balaban J connectivity index is 0. The van der Waals surface area contributed by atoms with Gasteiger partial charge in [-0.2, -0.15) is 0 Å². The summed E-state index contributed by atoms with van der Waals surface area (Å²) in [7, 11) is 0. The van der Waals surface area contributed by atoms with Gasteiger partial charge in [0.1, 0.15) is 0 Å². The van der Waals surface area contributed by atoms with Crippen molar-refractivity contribution in [3.8, 4) is 0 Å². The average Bonchev–Trinajstić information content (AvgIpc) is 0. The Bertz CT molecular complexity index is 8.04. The molecule has 6 N–H and O–H groups in total. The van der Waals surface area contributed by atoms with Gasteiger partial charge in [0, 0.05) is 0 Å². The Kier molecular flexibility index (Phi) is 2100. The van der Waals surface area contributed by atoms with Crippen molar-refractivity contribution >= 4 is 17.4 Å². The molecule has 0 aromatic heterocycles. The van der Waals surface area contributed by atoms with Crippen molar-refractivity contribution in [3.63, 3.8) is 0 Å². The monoisotopic (exact) mass is 152 g/mol. The van der Waals surface area contributed by atoms with Crippen LogP contribution < -0.4 is 51.4 Å². The summed E-state index contributed by atoms with van der Waals surface area (Å²) in [5.74, 6) is 0. The second-order valence-corrected chi connectivity index (χ2v) is 0. The van der Waals surface area contributed by atoms with Crippen molar-refractivity contribution in [1.82, 2.24) is 0 Å². The topological polar surface area (TPSA) is 152 Å². The third-order valence-corrected chi connectivity index (χ3v) is 0. The van der Waals surface area contributed by atoms with Gasteiger partial charge in [-0.05, 0) is 0 Å². The first-order chi connectivity index (χ1) is 0. The molecule has 40 valence electrons. The molecular weight excluding hydrogens is 146 g/mol. The maximum atomic E-state index is 0. The molecule has 0 amide bonds. The molecule has 0 aliphatic heterocycles. The molecule has 0 aliphatic rings. The van der Waals surface area contributed by atoms with Crippen LogP contribution in [0.25, 0.3) is 0 Å². The van der Waals surface area contributed by atoms with Crippen LogP contribution in [0.2, 0.25) is 0 Å². The van der Waals surface area contributed by atoms with Crippen LogP contribution in [0.5, 0.6) is 0 Å². The zero-order valence-electron chi connectivity index (χ0n) is 3.89. The van der Waals surface area contributed by atoms with Crippen LogP contribution in [-0.2, 0) is 11.0 Å². The molecule has 0 heterocycles. The van der Waals surface area contributed by atoms with Crippen LogP contribution in [0.4, 0.5) is 0 Å². The summed E-state index contributed by atoms with van der Waals surface area (Å²) in [6, 6.07) is 0. The van der Waals surface area contributed by atoms with Gasteiger partial charge < -0.3 is 27.4 Å². The fraction of sp³-hybridized carbons (Fsp3) is 0. The SMILES string of the molecule is O.O.O.[Al+3].[K+].[O-2].[O-2]. The smallest absolute Gasteiger partial charge is 2.00 e. The molecule has 0 radical (unpaired) electrons. The number of rotatable bonds is 0. The molecule has 0 aromatic rings. The van der Waals surface area contributed by atoms with Crippen molar-refractivity contribution in [2.75, 3.05) is 0 Å². The molecule has 7 heteroatoms. The van der Waals surface area contributed by atoms with Gasteiger partial charge >= 0.3 is 68.7 Å². The van der Waals surface area contributed by atoms with Crippen LogP contribution in [0.15, 0.2) is 0 Å². The standard InChI is InChI=1S/Al.K.3H2O.2O/h;;3*1H2;;/q+3;+1;;;;2*-2. The third-order valence-electron chi connectivity index (χ3n) is 0. The summed E-state index contributed by atoms with van der Waals surface area (Å²) in [6.45, 7) is 0. The van der Waals surface area contributed by atoms with Gasteiger partial charge in [0.2, 0.25) is 0 Å². The molecular formula is H6AlKO5. The Morgan fingerprint density at radius 1 is 0.571 bits per heavy atom. The van der Waals surface area contributed by atoms with Crippen molar-refractivity contribution in [2.45, 2.75) is 0 Å². The molecule has 0 spiro atoms.